The Balaban J connectivity index is 2.23. The van der Waals surface area contributed by atoms with Crippen LogP contribution in [-0.2, 0) is 6.42 Å². The normalized spacial score (nSPS) is 10.6. The van der Waals surface area contributed by atoms with Gasteiger partial charge in [0.1, 0.15) is 5.58 Å². The van der Waals surface area contributed by atoms with E-state index in [1.54, 1.807) is 12.3 Å². The van der Waals surface area contributed by atoms with Gasteiger partial charge in [-0.15, -0.1) is 0 Å². The second-order valence-corrected chi connectivity index (χ2v) is 3.38. The maximum Gasteiger partial charge on any atom is 0.134 e. The average molecular weight is 185 g/mol. The first-order valence-electron chi connectivity index (χ1n) is 4.90. The number of furan rings is 1. The van der Waals surface area contributed by atoms with Gasteiger partial charge < -0.3 is 4.42 Å². The molecule has 1 heterocycles. The molecule has 0 saturated carbocycles. The van der Waals surface area contributed by atoms with Crippen molar-refractivity contribution in [3.8, 4) is 0 Å². The molecule has 71 valence electrons. The lowest BCUT2D eigenvalue weighted by Gasteiger charge is -2.00. The Morgan fingerprint density at radius 1 is 1.29 bits per heavy atom. The van der Waals surface area contributed by atoms with E-state index >= 15 is 0 Å². The predicted octanol–water partition coefficient (Wildman–Crippen LogP) is 3.74. The summed E-state index contributed by atoms with van der Waals surface area (Å²) in [4.78, 5) is 0. The van der Waals surface area contributed by atoms with Gasteiger partial charge in [0, 0.05) is 5.39 Å². The summed E-state index contributed by atoms with van der Waals surface area (Å²) in [6.07, 6.45) is 6.58. The molecule has 2 rings (SSSR count). The molecule has 2 aromatic rings. The molecule has 1 nitrogen and oxygen atoms in total. The van der Waals surface area contributed by atoms with E-state index in [0.717, 1.165) is 24.8 Å². The van der Waals surface area contributed by atoms with Crippen molar-refractivity contribution < 1.29 is 4.42 Å². The third-order valence-corrected chi connectivity index (χ3v) is 2.40. The van der Waals surface area contributed by atoms with Crippen molar-refractivity contribution in [3.63, 3.8) is 0 Å². The Hall–Kier alpha value is -1.50. The van der Waals surface area contributed by atoms with Gasteiger partial charge in [0.25, 0.3) is 0 Å². The molecule has 0 fully saturated rings. The number of hydrogen-bond donors (Lipinski definition) is 0. The van der Waals surface area contributed by atoms with E-state index in [1.165, 1.54) is 10.9 Å². The molecule has 0 N–H and O–H groups in total. The quantitative estimate of drug-likeness (QED) is 0.661. The van der Waals surface area contributed by atoms with Crippen molar-refractivity contribution in [2.24, 2.45) is 0 Å². The monoisotopic (exact) mass is 185 g/mol. The second-order valence-electron chi connectivity index (χ2n) is 3.38. The molecule has 0 bridgehead atoms. The van der Waals surface area contributed by atoms with Crippen LogP contribution in [0.5, 0.6) is 0 Å². The lowest BCUT2D eigenvalue weighted by Crippen LogP contribution is -1.84. The Kier molecular flexibility index (Phi) is 2.68. The first kappa shape index (κ1) is 9.07. The smallest absolute Gasteiger partial charge is 0.134 e. The highest BCUT2D eigenvalue weighted by atomic mass is 16.3. The minimum Gasteiger partial charge on any atom is -0.464 e. The van der Waals surface area contributed by atoms with Gasteiger partial charge in [0.2, 0.25) is 0 Å². The molecule has 0 aliphatic heterocycles. The summed E-state index contributed by atoms with van der Waals surface area (Å²) in [5.74, 6) is 0. The summed E-state index contributed by atoms with van der Waals surface area (Å²) >= 11 is 0. The fourth-order valence-electron chi connectivity index (χ4n) is 1.69. The van der Waals surface area contributed by atoms with E-state index in [4.69, 9.17) is 11.0 Å². The summed E-state index contributed by atoms with van der Waals surface area (Å²) in [6, 6.07) is 8.20. The summed E-state index contributed by atoms with van der Waals surface area (Å²) in [5, 5.41) is 1.23. The number of rotatable bonds is 4. The topological polar surface area (TPSA) is 13.1 Å². The SMILES string of the molecule is [CH]=CCCCc1cccc2occc12. The summed E-state index contributed by atoms with van der Waals surface area (Å²) in [6.45, 7) is 5.34. The number of aryl methyl sites for hydroxylation is 1. The minimum atomic E-state index is 0.967. The molecule has 0 saturated heterocycles. The van der Waals surface area contributed by atoms with E-state index in [2.05, 4.69) is 6.07 Å². The maximum atomic E-state index is 5.34. The van der Waals surface area contributed by atoms with Crippen LogP contribution >= 0.6 is 0 Å². The molecule has 0 aliphatic carbocycles. The fourth-order valence-corrected chi connectivity index (χ4v) is 1.69. The highest BCUT2D eigenvalue weighted by molar-refractivity contribution is 5.80. The number of fused-ring (bicyclic) bond motifs is 1. The van der Waals surface area contributed by atoms with Gasteiger partial charge in [-0.3, -0.25) is 0 Å². The van der Waals surface area contributed by atoms with E-state index in [9.17, 15) is 0 Å². The van der Waals surface area contributed by atoms with E-state index in [1.807, 2.05) is 18.2 Å². The van der Waals surface area contributed by atoms with Crippen LogP contribution in [0.25, 0.3) is 11.0 Å². The Labute approximate surface area is 84.0 Å². The van der Waals surface area contributed by atoms with Crippen molar-refractivity contribution in [2.45, 2.75) is 19.3 Å². The van der Waals surface area contributed by atoms with Gasteiger partial charge in [0.05, 0.1) is 6.26 Å². The zero-order valence-corrected chi connectivity index (χ0v) is 8.07. The molecule has 0 atom stereocenters. The van der Waals surface area contributed by atoms with Gasteiger partial charge in [0.15, 0.2) is 0 Å². The Bertz CT molecular complexity index is 425. The summed E-state index contributed by atoms with van der Waals surface area (Å²) in [5.41, 5.74) is 2.32. The molecule has 0 unspecified atom stereocenters. The molecular formula is C13H13O. The number of unbranched alkanes of at least 4 members (excludes halogenated alkanes) is 1. The molecule has 0 aliphatic rings. The van der Waals surface area contributed by atoms with E-state index < -0.39 is 0 Å². The van der Waals surface area contributed by atoms with Gasteiger partial charge in [-0.1, -0.05) is 24.8 Å². The predicted molar refractivity (Wildman–Crippen MR) is 58.0 cm³/mol. The van der Waals surface area contributed by atoms with E-state index in [-0.39, 0.29) is 0 Å². The van der Waals surface area contributed by atoms with Crippen LogP contribution in [0.15, 0.2) is 41.0 Å². The zero-order valence-electron chi connectivity index (χ0n) is 8.07. The highest BCUT2D eigenvalue weighted by Gasteiger charge is 2.01. The molecule has 14 heavy (non-hydrogen) atoms. The first-order chi connectivity index (χ1) is 6.92. The van der Waals surface area contributed by atoms with Crippen LogP contribution in [-0.4, -0.2) is 0 Å². The maximum absolute atomic E-state index is 5.34. The molecule has 0 amide bonds. The molecule has 1 radical (unpaired) electrons. The van der Waals surface area contributed by atoms with Gasteiger partial charge >= 0.3 is 0 Å². The van der Waals surface area contributed by atoms with Crippen LogP contribution in [0.2, 0.25) is 0 Å². The number of benzene rings is 1. The second kappa shape index (κ2) is 4.14. The highest BCUT2D eigenvalue weighted by Crippen LogP contribution is 2.21. The Morgan fingerprint density at radius 2 is 2.21 bits per heavy atom. The lowest BCUT2D eigenvalue weighted by molar-refractivity contribution is 0.615. The molecule has 1 heteroatoms. The third kappa shape index (κ3) is 1.72. The van der Waals surface area contributed by atoms with Gasteiger partial charge in [-0.2, -0.15) is 0 Å². The standard InChI is InChI=1S/C13H13O/c1-2-3-4-6-11-7-5-8-13-12(11)9-10-14-13/h1-2,5,7-10H,3-4,6H2. The van der Waals surface area contributed by atoms with E-state index in [0.29, 0.717) is 0 Å². The van der Waals surface area contributed by atoms with Crippen LogP contribution in [0.4, 0.5) is 0 Å². The fraction of sp³-hybridized carbons (Fsp3) is 0.231. The van der Waals surface area contributed by atoms with Crippen molar-refractivity contribution in [1.82, 2.24) is 0 Å². The van der Waals surface area contributed by atoms with Crippen LogP contribution in [0.1, 0.15) is 18.4 Å². The first-order valence-corrected chi connectivity index (χ1v) is 4.90. The van der Waals surface area contributed by atoms with Crippen molar-refractivity contribution in [1.29, 1.82) is 0 Å². The van der Waals surface area contributed by atoms with Gasteiger partial charge in [-0.25, -0.2) is 0 Å². The molecular weight excluding hydrogens is 172 g/mol. The Morgan fingerprint density at radius 3 is 3.07 bits per heavy atom. The van der Waals surface area contributed by atoms with Crippen molar-refractivity contribution >= 4 is 11.0 Å². The third-order valence-electron chi connectivity index (χ3n) is 2.40. The lowest BCUT2D eigenvalue weighted by atomic mass is 10.0. The average Bonchev–Trinajstić information content (AvgIpc) is 2.67. The molecule has 1 aromatic heterocycles. The van der Waals surface area contributed by atoms with Crippen LogP contribution < -0.4 is 0 Å². The van der Waals surface area contributed by atoms with Crippen LogP contribution in [0, 0.1) is 6.58 Å². The molecule has 0 spiro atoms. The summed E-state index contributed by atoms with van der Waals surface area (Å²) < 4.78 is 5.33. The summed E-state index contributed by atoms with van der Waals surface area (Å²) in [7, 11) is 0. The minimum absolute atomic E-state index is 0.967. The van der Waals surface area contributed by atoms with Crippen LogP contribution in [0.3, 0.4) is 0 Å². The zero-order chi connectivity index (χ0) is 9.80. The number of hydrogen-bond acceptors (Lipinski definition) is 1. The van der Waals surface area contributed by atoms with Gasteiger partial charge in [-0.05, 0) is 37.0 Å². The largest absolute Gasteiger partial charge is 0.464 e. The van der Waals surface area contributed by atoms with Crippen molar-refractivity contribution in [2.75, 3.05) is 0 Å². The number of allylic oxidation sites excluding steroid dienone is 1. The molecule has 1 aromatic carbocycles. The van der Waals surface area contributed by atoms with Crippen molar-refractivity contribution in [3.05, 3.63) is 48.7 Å².